The molecule has 0 aliphatic heterocycles. The van der Waals surface area contributed by atoms with Crippen LogP contribution in [-0.2, 0) is 0 Å². The van der Waals surface area contributed by atoms with E-state index in [-0.39, 0.29) is 5.75 Å². The third-order valence-corrected chi connectivity index (χ3v) is 3.91. The van der Waals surface area contributed by atoms with Crippen molar-refractivity contribution in [3.63, 3.8) is 0 Å². The van der Waals surface area contributed by atoms with Gasteiger partial charge in [0.15, 0.2) is 11.6 Å². The quantitative estimate of drug-likeness (QED) is 0.756. The summed E-state index contributed by atoms with van der Waals surface area (Å²) in [7, 11) is 1.72. The highest BCUT2D eigenvalue weighted by atomic mass is 79.9. The number of rotatable bonds is 3. The van der Waals surface area contributed by atoms with E-state index in [9.17, 15) is 4.39 Å². The van der Waals surface area contributed by atoms with E-state index in [1.807, 2.05) is 11.4 Å². The Kier molecular flexibility index (Phi) is 3.54. The molecule has 7 heteroatoms. The van der Waals surface area contributed by atoms with Crippen LogP contribution in [0, 0.1) is 5.82 Å². The molecule has 102 valence electrons. The number of nitrogens with zero attached hydrogens (tertiary/aromatic N) is 2. The zero-order valence-corrected chi connectivity index (χ0v) is 12.8. The minimum absolute atomic E-state index is 0.118. The van der Waals surface area contributed by atoms with Crippen LogP contribution >= 0.6 is 27.3 Å². The Labute approximate surface area is 126 Å². The molecule has 4 nitrogen and oxygen atoms in total. The number of halogens is 2. The fourth-order valence-corrected chi connectivity index (χ4v) is 2.77. The molecule has 3 rings (SSSR count). The van der Waals surface area contributed by atoms with Gasteiger partial charge in [0, 0.05) is 11.5 Å². The van der Waals surface area contributed by atoms with E-state index >= 15 is 0 Å². The second kappa shape index (κ2) is 5.34. The molecule has 2 aromatic heterocycles. The monoisotopic (exact) mass is 353 g/mol. The van der Waals surface area contributed by atoms with Crippen LogP contribution in [-0.4, -0.2) is 17.0 Å². The average molecular weight is 354 g/mol. The van der Waals surface area contributed by atoms with E-state index in [0.717, 1.165) is 14.7 Å². The first kappa shape index (κ1) is 13.3. The van der Waals surface area contributed by atoms with E-state index in [4.69, 9.17) is 4.74 Å². The maximum Gasteiger partial charge on any atom is 0.233 e. The molecule has 1 N–H and O–H groups in total. The van der Waals surface area contributed by atoms with E-state index in [2.05, 4.69) is 31.2 Å². The molecule has 0 saturated heterocycles. The summed E-state index contributed by atoms with van der Waals surface area (Å²) in [5.74, 6) is 0.441. The van der Waals surface area contributed by atoms with Crippen molar-refractivity contribution in [3.05, 3.63) is 39.9 Å². The lowest BCUT2D eigenvalue weighted by Crippen LogP contribution is -1.99. The first-order valence-corrected chi connectivity index (χ1v) is 7.40. The van der Waals surface area contributed by atoms with Crippen molar-refractivity contribution >= 4 is 43.4 Å². The Balaban J connectivity index is 2.09. The lowest BCUT2D eigenvalue weighted by atomic mass is 10.3. The fourth-order valence-electron chi connectivity index (χ4n) is 1.68. The molecule has 2 heterocycles. The summed E-state index contributed by atoms with van der Waals surface area (Å²) in [6.07, 6.45) is 0. The van der Waals surface area contributed by atoms with Gasteiger partial charge in [-0.15, -0.1) is 11.3 Å². The number of ether oxygens (including phenoxy) is 1. The van der Waals surface area contributed by atoms with Crippen molar-refractivity contribution in [2.75, 3.05) is 12.4 Å². The number of fused-ring (bicyclic) bond motifs is 1. The lowest BCUT2D eigenvalue weighted by Gasteiger charge is -2.08. The third kappa shape index (κ3) is 2.46. The van der Waals surface area contributed by atoms with Crippen molar-refractivity contribution in [2.45, 2.75) is 0 Å². The number of thiophene rings is 1. The van der Waals surface area contributed by atoms with Gasteiger partial charge in [0.2, 0.25) is 11.8 Å². The molecule has 0 radical (unpaired) electrons. The smallest absolute Gasteiger partial charge is 0.233 e. The predicted molar refractivity (Wildman–Crippen MR) is 81.1 cm³/mol. The summed E-state index contributed by atoms with van der Waals surface area (Å²) >= 11 is 4.77. The molecule has 1 aromatic carbocycles. The molecular formula is C13H9BrFN3OS. The summed E-state index contributed by atoms with van der Waals surface area (Å²) in [5, 5.41) is 5.51. The van der Waals surface area contributed by atoms with Gasteiger partial charge in [-0.25, -0.2) is 9.37 Å². The minimum atomic E-state index is -0.443. The Morgan fingerprint density at radius 2 is 2.15 bits per heavy atom. The summed E-state index contributed by atoms with van der Waals surface area (Å²) in [5.41, 5.74) is 0. The Morgan fingerprint density at radius 3 is 2.95 bits per heavy atom. The van der Waals surface area contributed by atoms with E-state index in [1.165, 1.54) is 17.4 Å². The van der Waals surface area contributed by atoms with Crippen molar-refractivity contribution < 1.29 is 9.13 Å². The average Bonchev–Trinajstić information content (AvgIpc) is 2.91. The molecule has 3 aromatic rings. The Hall–Kier alpha value is -1.73. The third-order valence-electron chi connectivity index (χ3n) is 2.61. The number of benzene rings is 1. The predicted octanol–water partition coefficient (Wildman–Crippen LogP) is 4.43. The zero-order chi connectivity index (χ0) is 14.1. The van der Waals surface area contributed by atoms with Crippen molar-refractivity contribution in [2.24, 2.45) is 0 Å². The molecule has 0 aliphatic rings. The molecule has 0 amide bonds. The van der Waals surface area contributed by atoms with Crippen LogP contribution in [0.15, 0.2) is 34.1 Å². The maximum atomic E-state index is 13.8. The first-order chi connectivity index (χ1) is 9.67. The summed E-state index contributed by atoms with van der Waals surface area (Å²) < 4.78 is 20.1. The standard InChI is InChI=1S/C13H9BrFN3OS/c1-16-13-17-11(8-4-5-20-12(8)18-13)19-10-6-7(14)2-3-9(10)15/h2-6H,1H3,(H,16,17,18). The van der Waals surface area contributed by atoms with Gasteiger partial charge in [0.05, 0.1) is 5.39 Å². The van der Waals surface area contributed by atoms with Gasteiger partial charge in [0.25, 0.3) is 0 Å². The largest absolute Gasteiger partial charge is 0.435 e. The van der Waals surface area contributed by atoms with Gasteiger partial charge in [0.1, 0.15) is 4.83 Å². The van der Waals surface area contributed by atoms with Gasteiger partial charge >= 0.3 is 0 Å². The lowest BCUT2D eigenvalue weighted by molar-refractivity contribution is 0.432. The van der Waals surface area contributed by atoms with Crippen LogP contribution in [0.4, 0.5) is 10.3 Å². The number of hydrogen-bond acceptors (Lipinski definition) is 5. The summed E-state index contributed by atoms with van der Waals surface area (Å²) in [4.78, 5) is 9.33. The molecule has 0 fully saturated rings. The zero-order valence-electron chi connectivity index (χ0n) is 10.4. The van der Waals surface area contributed by atoms with Gasteiger partial charge in [-0.3, -0.25) is 0 Å². The molecule has 0 atom stereocenters. The van der Waals surface area contributed by atoms with Crippen molar-refractivity contribution in [1.82, 2.24) is 9.97 Å². The van der Waals surface area contributed by atoms with Gasteiger partial charge in [-0.05, 0) is 29.6 Å². The van der Waals surface area contributed by atoms with E-state index in [1.54, 1.807) is 19.2 Å². The van der Waals surface area contributed by atoms with Crippen LogP contribution < -0.4 is 10.1 Å². The van der Waals surface area contributed by atoms with Crippen molar-refractivity contribution in [3.8, 4) is 11.6 Å². The van der Waals surface area contributed by atoms with Crippen LogP contribution in [0.1, 0.15) is 0 Å². The highest BCUT2D eigenvalue weighted by Crippen LogP contribution is 2.33. The molecule has 0 bridgehead atoms. The van der Waals surface area contributed by atoms with E-state index < -0.39 is 5.82 Å². The highest BCUT2D eigenvalue weighted by molar-refractivity contribution is 9.10. The number of hydrogen-bond donors (Lipinski definition) is 1. The second-order valence-corrected chi connectivity index (χ2v) is 5.73. The van der Waals surface area contributed by atoms with Crippen LogP contribution in [0.25, 0.3) is 10.2 Å². The fraction of sp³-hybridized carbons (Fsp3) is 0.0769. The minimum Gasteiger partial charge on any atom is -0.435 e. The van der Waals surface area contributed by atoms with E-state index in [0.29, 0.717) is 11.8 Å². The normalized spacial score (nSPS) is 10.8. The van der Waals surface area contributed by atoms with Crippen LogP contribution in [0.3, 0.4) is 0 Å². The Bertz CT molecular complexity index is 777. The topological polar surface area (TPSA) is 47.0 Å². The Morgan fingerprint density at radius 1 is 1.30 bits per heavy atom. The van der Waals surface area contributed by atoms with Crippen LogP contribution in [0.2, 0.25) is 0 Å². The van der Waals surface area contributed by atoms with Crippen molar-refractivity contribution in [1.29, 1.82) is 0 Å². The molecule has 0 saturated carbocycles. The first-order valence-electron chi connectivity index (χ1n) is 5.73. The number of nitrogens with one attached hydrogen (secondary N) is 1. The second-order valence-electron chi connectivity index (χ2n) is 3.92. The summed E-state index contributed by atoms with van der Waals surface area (Å²) in [6.45, 7) is 0. The van der Waals surface area contributed by atoms with Gasteiger partial charge < -0.3 is 10.1 Å². The molecule has 0 spiro atoms. The highest BCUT2D eigenvalue weighted by Gasteiger charge is 2.13. The molecular weight excluding hydrogens is 345 g/mol. The summed E-state index contributed by atoms with van der Waals surface area (Å²) in [6, 6.07) is 6.37. The SMILES string of the molecule is CNc1nc(Oc2cc(Br)ccc2F)c2ccsc2n1. The molecule has 20 heavy (non-hydrogen) atoms. The molecule has 0 aliphatic carbocycles. The maximum absolute atomic E-state index is 13.8. The van der Waals surface area contributed by atoms with Crippen LogP contribution in [0.5, 0.6) is 11.6 Å². The van der Waals surface area contributed by atoms with Gasteiger partial charge in [-0.2, -0.15) is 4.98 Å². The number of anilines is 1. The number of aromatic nitrogens is 2. The molecule has 0 unspecified atom stereocenters. The van der Waals surface area contributed by atoms with Gasteiger partial charge in [-0.1, -0.05) is 15.9 Å².